The predicted molar refractivity (Wildman–Crippen MR) is 145 cm³/mol. The molecule has 0 radical (unpaired) electrons. The fraction of sp³-hybridized carbons (Fsp3) is 0.276. The van der Waals surface area contributed by atoms with Gasteiger partial charge in [0.25, 0.3) is 5.91 Å². The van der Waals surface area contributed by atoms with Crippen LogP contribution < -0.4 is 5.32 Å². The largest absolute Gasteiger partial charge is 0.461 e. The number of fused-ring (bicyclic) bond motifs is 1. The smallest absolute Gasteiger partial charge is 0.326 e. The van der Waals surface area contributed by atoms with E-state index in [1.165, 1.54) is 0 Å². The summed E-state index contributed by atoms with van der Waals surface area (Å²) in [5, 5.41) is 3.77. The molecule has 0 saturated carbocycles. The van der Waals surface area contributed by atoms with Crippen molar-refractivity contribution in [2.24, 2.45) is 0 Å². The molecule has 1 heterocycles. The molecule has 1 aromatic heterocycles. The molecule has 1 atom stereocenters. The van der Waals surface area contributed by atoms with Crippen LogP contribution in [0.25, 0.3) is 22.2 Å². The minimum atomic E-state index is -0.264. The highest BCUT2D eigenvalue weighted by Gasteiger charge is 2.16. The number of carbonyl (C=O) groups is 2. The molecule has 0 aliphatic carbocycles. The van der Waals surface area contributed by atoms with Crippen molar-refractivity contribution in [3.63, 3.8) is 0 Å². The lowest BCUT2D eigenvalue weighted by Gasteiger charge is -2.13. The van der Waals surface area contributed by atoms with Crippen molar-refractivity contribution in [1.29, 1.82) is 0 Å². The van der Waals surface area contributed by atoms with Gasteiger partial charge in [0.15, 0.2) is 5.16 Å². The van der Waals surface area contributed by atoms with Crippen molar-refractivity contribution < 1.29 is 14.3 Å². The fourth-order valence-corrected chi connectivity index (χ4v) is 4.73. The van der Waals surface area contributed by atoms with Crippen molar-refractivity contribution in [2.75, 3.05) is 12.3 Å². The third-order valence-corrected chi connectivity index (χ3v) is 6.97. The van der Waals surface area contributed by atoms with E-state index < -0.39 is 0 Å². The highest BCUT2D eigenvalue weighted by molar-refractivity contribution is 7.99. The van der Waals surface area contributed by atoms with Crippen LogP contribution >= 0.6 is 11.8 Å². The van der Waals surface area contributed by atoms with Gasteiger partial charge in [0.2, 0.25) is 0 Å². The van der Waals surface area contributed by atoms with Crippen LogP contribution in [0.3, 0.4) is 0 Å². The first-order chi connectivity index (χ1) is 17.5. The van der Waals surface area contributed by atoms with Gasteiger partial charge in [-0.25, -0.2) is 4.98 Å². The second-order valence-electron chi connectivity index (χ2n) is 8.58. The Morgan fingerprint density at radius 1 is 0.972 bits per heavy atom. The van der Waals surface area contributed by atoms with E-state index in [2.05, 4.69) is 17.4 Å². The minimum absolute atomic E-state index is 0.0837. The van der Waals surface area contributed by atoms with E-state index in [-0.39, 0.29) is 24.5 Å². The molecule has 3 aromatic carbocycles. The standard InChI is InChI=1S/C29H31N3O3S/c1-3-21(2)35-27(33)20-32-26-13-8-7-12-25(26)31-29(32)36-19-9-18-30-28(34)24-16-14-23(15-17-24)22-10-5-4-6-11-22/h4-8,10-17,21H,3,9,18-20H2,1-2H3,(H,30,34). The van der Waals surface area contributed by atoms with Gasteiger partial charge in [-0.15, -0.1) is 0 Å². The number of benzene rings is 3. The highest BCUT2D eigenvalue weighted by Crippen LogP contribution is 2.25. The number of amides is 1. The monoisotopic (exact) mass is 501 g/mol. The van der Waals surface area contributed by atoms with Gasteiger partial charge >= 0.3 is 5.97 Å². The number of para-hydroxylation sites is 2. The first kappa shape index (κ1) is 25.5. The van der Waals surface area contributed by atoms with Crippen LogP contribution in [0, 0.1) is 0 Å². The van der Waals surface area contributed by atoms with Gasteiger partial charge in [0, 0.05) is 17.9 Å². The average molecular weight is 502 g/mol. The number of imidazole rings is 1. The van der Waals surface area contributed by atoms with Crippen molar-refractivity contribution in [1.82, 2.24) is 14.9 Å². The zero-order chi connectivity index (χ0) is 25.3. The van der Waals surface area contributed by atoms with Crippen LogP contribution in [0.15, 0.2) is 84.0 Å². The Balaban J connectivity index is 1.29. The molecule has 0 bridgehead atoms. The Kier molecular flexibility index (Phi) is 8.79. The summed E-state index contributed by atoms with van der Waals surface area (Å²) in [7, 11) is 0. The van der Waals surface area contributed by atoms with E-state index in [9.17, 15) is 9.59 Å². The Bertz CT molecular complexity index is 1300. The molecule has 4 aromatic rings. The third-order valence-electron chi connectivity index (χ3n) is 5.91. The zero-order valence-corrected chi connectivity index (χ0v) is 21.5. The summed E-state index contributed by atoms with van der Waals surface area (Å²) in [6.45, 7) is 4.57. The second kappa shape index (κ2) is 12.4. The molecule has 0 spiro atoms. The summed E-state index contributed by atoms with van der Waals surface area (Å²) in [4.78, 5) is 29.7. The van der Waals surface area contributed by atoms with Crippen molar-refractivity contribution >= 4 is 34.7 Å². The number of carbonyl (C=O) groups excluding carboxylic acids is 2. The summed E-state index contributed by atoms with van der Waals surface area (Å²) in [5.74, 6) is 0.413. The number of ether oxygens (including phenoxy) is 1. The molecular formula is C29H31N3O3S. The van der Waals surface area contributed by atoms with Crippen molar-refractivity contribution in [3.05, 3.63) is 84.4 Å². The van der Waals surface area contributed by atoms with Crippen LogP contribution in [-0.2, 0) is 16.1 Å². The predicted octanol–water partition coefficient (Wildman–Crippen LogP) is 5.96. The lowest BCUT2D eigenvalue weighted by atomic mass is 10.0. The van der Waals surface area contributed by atoms with Crippen LogP contribution in [0.4, 0.5) is 0 Å². The fourth-order valence-electron chi connectivity index (χ4n) is 3.77. The van der Waals surface area contributed by atoms with E-state index in [1.54, 1.807) is 11.8 Å². The molecule has 36 heavy (non-hydrogen) atoms. The lowest BCUT2D eigenvalue weighted by molar-refractivity contribution is -0.149. The lowest BCUT2D eigenvalue weighted by Crippen LogP contribution is -2.24. The van der Waals surface area contributed by atoms with Gasteiger partial charge in [0.1, 0.15) is 6.54 Å². The normalized spacial score (nSPS) is 11.8. The number of esters is 1. The number of hydrogen-bond acceptors (Lipinski definition) is 5. The van der Waals surface area contributed by atoms with E-state index in [0.29, 0.717) is 12.1 Å². The summed E-state index contributed by atoms with van der Waals surface area (Å²) in [5.41, 5.74) is 4.61. The molecule has 6 nitrogen and oxygen atoms in total. The molecule has 0 aliphatic heterocycles. The number of nitrogens with one attached hydrogen (secondary N) is 1. The average Bonchev–Trinajstić information content (AvgIpc) is 3.25. The first-order valence-electron chi connectivity index (χ1n) is 12.3. The van der Waals surface area contributed by atoms with E-state index in [4.69, 9.17) is 9.72 Å². The highest BCUT2D eigenvalue weighted by atomic mass is 32.2. The molecule has 7 heteroatoms. The summed E-state index contributed by atoms with van der Waals surface area (Å²) < 4.78 is 7.39. The van der Waals surface area contributed by atoms with Crippen LogP contribution in [0.5, 0.6) is 0 Å². The molecule has 1 amide bonds. The molecule has 4 rings (SSSR count). The number of nitrogens with zero attached hydrogens (tertiary/aromatic N) is 2. The van der Waals surface area contributed by atoms with Gasteiger partial charge in [-0.2, -0.15) is 0 Å². The minimum Gasteiger partial charge on any atom is -0.461 e. The Hall–Kier alpha value is -3.58. The maximum atomic E-state index is 12.5. The summed E-state index contributed by atoms with van der Waals surface area (Å²) >= 11 is 1.58. The Labute approximate surface area is 216 Å². The number of thioether (sulfide) groups is 1. The second-order valence-corrected chi connectivity index (χ2v) is 9.64. The van der Waals surface area contributed by atoms with Crippen molar-refractivity contribution in [3.8, 4) is 11.1 Å². The third kappa shape index (κ3) is 6.55. The number of aromatic nitrogens is 2. The van der Waals surface area contributed by atoms with Gasteiger partial charge in [-0.3, -0.25) is 9.59 Å². The van der Waals surface area contributed by atoms with Gasteiger partial charge in [0.05, 0.1) is 17.1 Å². The first-order valence-corrected chi connectivity index (χ1v) is 13.2. The van der Waals surface area contributed by atoms with Gasteiger partial charge in [-0.1, -0.05) is 73.3 Å². The van der Waals surface area contributed by atoms with Gasteiger partial charge in [-0.05, 0) is 55.2 Å². The molecule has 0 fully saturated rings. The summed E-state index contributed by atoms with van der Waals surface area (Å²) in [6, 6.07) is 25.5. The topological polar surface area (TPSA) is 73.2 Å². The Morgan fingerprint density at radius 3 is 2.42 bits per heavy atom. The molecular weight excluding hydrogens is 470 g/mol. The molecule has 1 unspecified atom stereocenters. The zero-order valence-electron chi connectivity index (χ0n) is 20.6. The number of rotatable bonds is 11. The molecule has 186 valence electrons. The molecule has 0 saturated heterocycles. The maximum Gasteiger partial charge on any atom is 0.326 e. The summed E-state index contributed by atoms with van der Waals surface area (Å²) in [6.07, 6.45) is 1.45. The van der Waals surface area contributed by atoms with Crippen LogP contribution in [0.2, 0.25) is 0 Å². The van der Waals surface area contributed by atoms with Crippen LogP contribution in [-0.4, -0.2) is 39.8 Å². The van der Waals surface area contributed by atoms with Gasteiger partial charge < -0.3 is 14.6 Å². The molecule has 0 aliphatic rings. The quantitative estimate of drug-likeness (QED) is 0.156. The van der Waals surface area contributed by atoms with Crippen molar-refractivity contribution in [2.45, 2.75) is 44.5 Å². The maximum absolute atomic E-state index is 12.5. The van der Waals surface area contributed by atoms with E-state index in [1.807, 2.05) is 85.1 Å². The van der Waals surface area contributed by atoms with E-state index in [0.717, 1.165) is 45.9 Å². The number of hydrogen-bond donors (Lipinski definition) is 1. The Morgan fingerprint density at radius 2 is 1.67 bits per heavy atom. The van der Waals surface area contributed by atoms with Crippen LogP contribution in [0.1, 0.15) is 37.0 Å². The SMILES string of the molecule is CCC(C)OC(=O)Cn1c(SCCCNC(=O)c2ccc(-c3ccccc3)cc2)nc2ccccc21. The molecule has 1 N–H and O–H groups in total. The van der Waals surface area contributed by atoms with E-state index >= 15 is 0 Å².